The van der Waals surface area contributed by atoms with E-state index in [0.717, 1.165) is 12.2 Å². The number of carbonyl (C=O) groups excluding carboxylic acids is 4. The lowest BCUT2D eigenvalue weighted by Crippen LogP contribution is -2.47. The number of rotatable bonds is 16. The lowest BCUT2D eigenvalue weighted by molar-refractivity contribution is -0.147. The van der Waals surface area contributed by atoms with Crippen molar-refractivity contribution >= 4 is 32.4 Å². The van der Waals surface area contributed by atoms with Crippen molar-refractivity contribution in [2.75, 3.05) is 26.4 Å². The topological polar surface area (TPSA) is 124 Å². The standard InChI is InChI=1S/C22H32O10Si/c1-9-19(23)27-11-17(13-29-21(25)15(3)4)31-33(7,8)32-18(12-28-20(24)10-2)14-30-22(26)16(5)6/h9-10,17-18H,1-3,5,11-14H2,4,6-8H3. The Hall–Kier alpha value is -3.02. The summed E-state index contributed by atoms with van der Waals surface area (Å²) in [7, 11) is -3.05. The predicted molar refractivity (Wildman–Crippen MR) is 121 cm³/mol. The van der Waals surface area contributed by atoms with Gasteiger partial charge in [0.15, 0.2) is 0 Å². The highest BCUT2D eigenvalue weighted by molar-refractivity contribution is 6.64. The molecular weight excluding hydrogens is 452 g/mol. The smallest absolute Gasteiger partial charge is 0.333 e. The molecule has 33 heavy (non-hydrogen) atoms. The van der Waals surface area contributed by atoms with Crippen LogP contribution in [0, 0.1) is 0 Å². The van der Waals surface area contributed by atoms with Crippen LogP contribution in [0.1, 0.15) is 13.8 Å². The highest BCUT2D eigenvalue weighted by Gasteiger charge is 2.34. The summed E-state index contributed by atoms with van der Waals surface area (Å²) in [4.78, 5) is 46.3. The third-order valence-corrected chi connectivity index (χ3v) is 5.36. The SMILES string of the molecule is C=CC(=O)OCC(COC(=O)C(=C)C)O[Si](C)(C)OC(COC(=O)C=C)COC(=O)C(=C)C. The second-order valence-electron chi connectivity index (χ2n) is 7.31. The Morgan fingerprint density at radius 2 is 1.00 bits per heavy atom. The van der Waals surface area contributed by atoms with Crippen molar-refractivity contribution < 1.29 is 47.0 Å². The van der Waals surface area contributed by atoms with Gasteiger partial charge in [-0.25, -0.2) is 19.2 Å². The first-order valence-corrected chi connectivity index (χ1v) is 12.7. The number of hydrogen-bond acceptors (Lipinski definition) is 10. The molecule has 2 atom stereocenters. The summed E-state index contributed by atoms with van der Waals surface area (Å²) in [6, 6.07) is 0. The highest BCUT2D eigenvalue weighted by Crippen LogP contribution is 2.16. The molecule has 0 saturated heterocycles. The van der Waals surface area contributed by atoms with E-state index in [0.29, 0.717) is 0 Å². The molecule has 0 aliphatic rings. The molecule has 0 radical (unpaired) electrons. The molecule has 0 spiro atoms. The van der Waals surface area contributed by atoms with Gasteiger partial charge < -0.3 is 27.8 Å². The number of ether oxygens (including phenoxy) is 4. The van der Waals surface area contributed by atoms with Gasteiger partial charge in [0.05, 0.1) is 0 Å². The van der Waals surface area contributed by atoms with Gasteiger partial charge in [-0.15, -0.1) is 0 Å². The largest absolute Gasteiger partial charge is 0.460 e. The maximum absolute atomic E-state index is 11.7. The molecule has 0 aliphatic carbocycles. The molecular formula is C22H32O10Si. The van der Waals surface area contributed by atoms with Gasteiger partial charge in [0, 0.05) is 23.3 Å². The van der Waals surface area contributed by atoms with Gasteiger partial charge in [-0.3, -0.25) is 0 Å². The Bertz CT molecular complexity index is 709. The normalized spacial score (nSPS) is 12.5. The molecule has 0 amide bonds. The minimum absolute atomic E-state index is 0.188. The van der Waals surface area contributed by atoms with Crippen LogP contribution < -0.4 is 0 Å². The van der Waals surface area contributed by atoms with Crippen molar-refractivity contribution in [3.8, 4) is 0 Å². The molecule has 0 saturated carbocycles. The first-order valence-electron chi connectivity index (χ1n) is 9.90. The van der Waals surface area contributed by atoms with E-state index >= 15 is 0 Å². The van der Waals surface area contributed by atoms with E-state index in [1.165, 1.54) is 13.8 Å². The van der Waals surface area contributed by atoms with Crippen molar-refractivity contribution in [3.63, 3.8) is 0 Å². The van der Waals surface area contributed by atoms with E-state index < -0.39 is 44.6 Å². The van der Waals surface area contributed by atoms with E-state index in [1.807, 2.05) is 0 Å². The van der Waals surface area contributed by atoms with Gasteiger partial charge in [-0.1, -0.05) is 26.3 Å². The van der Waals surface area contributed by atoms with Crippen molar-refractivity contribution in [1.82, 2.24) is 0 Å². The van der Waals surface area contributed by atoms with Crippen LogP contribution in [-0.4, -0.2) is 71.1 Å². The third kappa shape index (κ3) is 13.9. The molecule has 2 unspecified atom stereocenters. The Morgan fingerprint density at radius 3 is 1.27 bits per heavy atom. The summed E-state index contributed by atoms with van der Waals surface area (Å²) in [5.74, 6) is -2.65. The van der Waals surface area contributed by atoms with E-state index in [1.54, 1.807) is 13.1 Å². The summed E-state index contributed by atoms with van der Waals surface area (Å²) < 4.78 is 32.2. The van der Waals surface area contributed by atoms with E-state index in [-0.39, 0.29) is 37.6 Å². The second kappa shape index (κ2) is 14.9. The van der Waals surface area contributed by atoms with Gasteiger partial charge >= 0.3 is 32.4 Å². The molecule has 0 aromatic rings. The van der Waals surface area contributed by atoms with Gasteiger partial charge in [0.2, 0.25) is 0 Å². The minimum atomic E-state index is -3.05. The zero-order valence-electron chi connectivity index (χ0n) is 19.5. The second-order valence-corrected chi connectivity index (χ2v) is 10.6. The average molecular weight is 485 g/mol. The molecule has 0 fully saturated rings. The molecule has 10 nitrogen and oxygen atoms in total. The fourth-order valence-corrected chi connectivity index (χ4v) is 4.05. The van der Waals surface area contributed by atoms with E-state index in [4.69, 9.17) is 27.8 Å². The minimum Gasteiger partial charge on any atom is -0.460 e. The zero-order chi connectivity index (χ0) is 25.6. The van der Waals surface area contributed by atoms with Crippen LogP contribution in [0.5, 0.6) is 0 Å². The summed E-state index contributed by atoms with van der Waals surface area (Å²) in [5.41, 5.74) is 0.376. The first-order chi connectivity index (χ1) is 15.3. The molecule has 0 bridgehead atoms. The van der Waals surface area contributed by atoms with Crippen LogP contribution in [0.15, 0.2) is 49.6 Å². The van der Waals surface area contributed by atoms with Crippen LogP contribution in [0.25, 0.3) is 0 Å². The summed E-state index contributed by atoms with van der Waals surface area (Å²) in [5, 5.41) is 0. The molecule has 0 aromatic heterocycles. The lowest BCUT2D eigenvalue weighted by atomic mass is 10.3. The third-order valence-electron chi connectivity index (χ3n) is 3.55. The van der Waals surface area contributed by atoms with Crippen molar-refractivity contribution in [2.24, 2.45) is 0 Å². The summed E-state index contributed by atoms with van der Waals surface area (Å²) in [6.45, 7) is 19.0. The highest BCUT2D eigenvalue weighted by atomic mass is 28.4. The van der Waals surface area contributed by atoms with E-state index in [2.05, 4.69) is 26.3 Å². The van der Waals surface area contributed by atoms with Crippen LogP contribution in [0.2, 0.25) is 13.1 Å². The molecule has 184 valence electrons. The maximum Gasteiger partial charge on any atom is 0.333 e. The van der Waals surface area contributed by atoms with Gasteiger partial charge in [-0.05, 0) is 26.9 Å². The summed E-state index contributed by atoms with van der Waals surface area (Å²) >= 11 is 0. The monoisotopic (exact) mass is 484 g/mol. The Kier molecular flexibility index (Phi) is 13.6. The van der Waals surface area contributed by atoms with Crippen LogP contribution in [0.3, 0.4) is 0 Å². The quantitative estimate of drug-likeness (QED) is 0.139. The number of hydrogen-bond donors (Lipinski definition) is 0. The molecule has 11 heteroatoms. The van der Waals surface area contributed by atoms with Crippen LogP contribution in [0.4, 0.5) is 0 Å². The zero-order valence-corrected chi connectivity index (χ0v) is 20.5. The predicted octanol–water partition coefficient (Wildman–Crippen LogP) is 2.16. The Balaban J connectivity index is 5.32. The van der Waals surface area contributed by atoms with Crippen LogP contribution in [-0.2, 0) is 47.0 Å². The molecule has 0 rings (SSSR count). The van der Waals surface area contributed by atoms with Gasteiger partial charge in [0.1, 0.15) is 38.6 Å². The molecule has 0 heterocycles. The van der Waals surface area contributed by atoms with Crippen LogP contribution >= 0.6 is 0 Å². The summed E-state index contributed by atoms with van der Waals surface area (Å²) in [6.07, 6.45) is 0.229. The number of carbonyl (C=O) groups is 4. The maximum atomic E-state index is 11.7. The van der Waals surface area contributed by atoms with Crippen molar-refractivity contribution in [3.05, 3.63) is 49.6 Å². The first kappa shape index (κ1) is 30.0. The molecule has 0 aromatic carbocycles. The Morgan fingerprint density at radius 1 is 0.697 bits per heavy atom. The lowest BCUT2D eigenvalue weighted by Gasteiger charge is -2.31. The van der Waals surface area contributed by atoms with Crippen molar-refractivity contribution in [1.29, 1.82) is 0 Å². The van der Waals surface area contributed by atoms with E-state index in [9.17, 15) is 19.2 Å². The average Bonchev–Trinajstić information content (AvgIpc) is 2.75. The van der Waals surface area contributed by atoms with Gasteiger partial charge in [-0.2, -0.15) is 0 Å². The molecule has 0 N–H and O–H groups in total. The van der Waals surface area contributed by atoms with Gasteiger partial charge in [0.25, 0.3) is 0 Å². The Labute approximate surface area is 195 Å². The number of esters is 4. The fourth-order valence-electron chi connectivity index (χ4n) is 2.11. The fraction of sp³-hybridized carbons (Fsp3) is 0.455. The van der Waals surface area contributed by atoms with Crippen molar-refractivity contribution in [2.45, 2.75) is 39.1 Å². The molecule has 0 aliphatic heterocycles.